The molecule has 5 heteroatoms. The van der Waals surface area contributed by atoms with Gasteiger partial charge in [0, 0.05) is 29.7 Å². The highest BCUT2D eigenvalue weighted by Gasteiger charge is 2.03. The number of hydrogen-bond donors (Lipinski definition) is 4. The Kier molecular flexibility index (Phi) is 5.61. The third kappa shape index (κ3) is 4.35. The van der Waals surface area contributed by atoms with Crippen molar-refractivity contribution in [3.63, 3.8) is 0 Å². The highest BCUT2D eigenvalue weighted by atomic mass is 16.5. The number of carbonyl (C=O) groups excluding carboxylic acids is 1. The third-order valence-corrected chi connectivity index (χ3v) is 4.14. The van der Waals surface area contributed by atoms with E-state index in [9.17, 15) is 4.79 Å². The molecule has 0 aliphatic rings. The number of fused-ring (bicyclic) bond motifs is 1. The van der Waals surface area contributed by atoms with E-state index in [-0.39, 0.29) is 0 Å². The van der Waals surface area contributed by atoms with Crippen LogP contribution in [0.2, 0.25) is 0 Å². The number of hydroxylamine groups is 1. The highest BCUT2D eigenvalue weighted by molar-refractivity contribution is 5.91. The lowest BCUT2D eigenvalue weighted by atomic mass is 10.1. The molecule has 25 heavy (non-hydrogen) atoms. The van der Waals surface area contributed by atoms with E-state index >= 15 is 0 Å². The molecule has 0 saturated carbocycles. The number of H-pyrrole nitrogens is 1. The number of para-hydroxylation sites is 1. The molecular formula is C20H21N3O2. The molecule has 1 heterocycles. The van der Waals surface area contributed by atoms with Crippen LogP contribution in [-0.4, -0.2) is 22.6 Å². The Morgan fingerprint density at radius 1 is 1.08 bits per heavy atom. The minimum absolute atomic E-state index is 0.540. The van der Waals surface area contributed by atoms with Gasteiger partial charge >= 0.3 is 0 Å². The molecule has 1 aromatic heterocycles. The molecule has 3 aromatic rings. The Morgan fingerprint density at radius 2 is 1.88 bits per heavy atom. The Bertz CT molecular complexity index is 883. The monoisotopic (exact) mass is 335 g/mol. The van der Waals surface area contributed by atoms with E-state index in [1.54, 1.807) is 11.6 Å². The van der Waals surface area contributed by atoms with Gasteiger partial charge in [-0.2, -0.15) is 0 Å². The van der Waals surface area contributed by atoms with Gasteiger partial charge < -0.3 is 10.3 Å². The van der Waals surface area contributed by atoms with Gasteiger partial charge in [-0.25, -0.2) is 5.48 Å². The largest absolute Gasteiger partial charge is 0.361 e. The predicted octanol–water partition coefficient (Wildman–Crippen LogP) is 3.02. The maximum Gasteiger partial charge on any atom is 0.267 e. The third-order valence-electron chi connectivity index (χ3n) is 4.14. The van der Waals surface area contributed by atoms with E-state index in [2.05, 4.69) is 34.7 Å². The number of amides is 1. The van der Waals surface area contributed by atoms with Gasteiger partial charge in [0.05, 0.1) is 0 Å². The van der Waals surface area contributed by atoms with Gasteiger partial charge in [0.15, 0.2) is 0 Å². The predicted molar refractivity (Wildman–Crippen MR) is 99.1 cm³/mol. The molecule has 0 fully saturated rings. The van der Waals surface area contributed by atoms with Crippen molar-refractivity contribution < 1.29 is 10.0 Å². The van der Waals surface area contributed by atoms with Crippen molar-refractivity contribution in [1.82, 2.24) is 15.8 Å². The SMILES string of the molecule is O=C(C=Cc1ccccc1CNCCc1c[nH]c2ccccc12)NO. The van der Waals surface area contributed by atoms with Crippen LogP contribution in [0.5, 0.6) is 0 Å². The fraction of sp³-hybridized carbons (Fsp3) is 0.150. The molecule has 128 valence electrons. The van der Waals surface area contributed by atoms with Crippen LogP contribution in [-0.2, 0) is 17.8 Å². The van der Waals surface area contributed by atoms with Crippen LogP contribution in [0.3, 0.4) is 0 Å². The molecule has 5 nitrogen and oxygen atoms in total. The van der Waals surface area contributed by atoms with E-state index in [0.29, 0.717) is 6.54 Å². The molecule has 3 rings (SSSR count). The lowest BCUT2D eigenvalue weighted by Gasteiger charge is -2.08. The molecule has 0 unspecified atom stereocenters. The fourth-order valence-corrected chi connectivity index (χ4v) is 2.85. The summed E-state index contributed by atoms with van der Waals surface area (Å²) in [5, 5.41) is 13.3. The minimum Gasteiger partial charge on any atom is -0.361 e. The second kappa shape index (κ2) is 8.28. The average Bonchev–Trinajstić information content (AvgIpc) is 3.07. The van der Waals surface area contributed by atoms with E-state index < -0.39 is 5.91 Å². The highest BCUT2D eigenvalue weighted by Crippen LogP contribution is 2.17. The summed E-state index contributed by atoms with van der Waals surface area (Å²) in [5.41, 5.74) is 6.11. The molecule has 2 aromatic carbocycles. The van der Waals surface area contributed by atoms with Crippen LogP contribution in [0.1, 0.15) is 16.7 Å². The standard InChI is InChI=1S/C20H21N3O2/c24-20(23-25)10-9-15-5-1-2-6-16(15)13-21-12-11-17-14-22-19-8-4-3-7-18(17)19/h1-10,14,21-22,25H,11-13H2,(H,23,24). The van der Waals surface area contributed by atoms with Gasteiger partial charge in [0.2, 0.25) is 0 Å². The zero-order chi connectivity index (χ0) is 17.5. The maximum absolute atomic E-state index is 11.1. The number of aromatic amines is 1. The second-order valence-corrected chi connectivity index (χ2v) is 5.79. The number of benzene rings is 2. The molecule has 0 bridgehead atoms. The van der Waals surface area contributed by atoms with Crippen molar-refractivity contribution in [2.75, 3.05) is 6.54 Å². The van der Waals surface area contributed by atoms with Crippen molar-refractivity contribution in [2.45, 2.75) is 13.0 Å². The summed E-state index contributed by atoms with van der Waals surface area (Å²) in [7, 11) is 0. The lowest BCUT2D eigenvalue weighted by molar-refractivity contribution is -0.124. The number of hydrogen-bond acceptors (Lipinski definition) is 3. The summed E-state index contributed by atoms with van der Waals surface area (Å²) in [6, 6.07) is 16.2. The molecule has 1 amide bonds. The van der Waals surface area contributed by atoms with Gasteiger partial charge in [-0.3, -0.25) is 10.0 Å². The Hall–Kier alpha value is -2.89. The van der Waals surface area contributed by atoms with E-state index in [0.717, 1.165) is 29.6 Å². The van der Waals surface area contributed by atoms with Crippen molar-refractivity contribution in [3.05, 3.63) is 77.5 Å². The first kappa shape index (κ1) is 17.0. The summed E-state index contributed by atoms with van der Waals surface area (Å²) in [5.74, 6) is -0.540. The molecule has 0 aliphatic heterocycles. The zero-order valence-corrected chi connectivity index (χ0v) is 13.8. The Balaban J connectivity index is 1.57. The van der Waals surface area contributed by atoms with E-state index in [1.165, 1.54) is 17.0 Å². The van der Waals surface area contributed by atoms with Crippen LogP contribution < -0.4 is 10.8 Å². The van der Waals surface area contributed by atoms with Crippen molar-refractivity contribution in [1.29, 1.82) is 0 Å². The normalized spacial score (nSPS) is 11.2. The van der Waals surface area contributed by atoms with E-state index in [1.807, 2.05) is 30.3 Å². The van der Waals surface area contributed by atoms with Gasteiger partial charge in [0.1, 0.15) is 0 Å². The molecule has 0 spiro atoms. The molecule has 0 saturated heterocycles. The van der Waals surface area contributed by atoms with E-state index in [4.69, 9.17) is 5.21 Å². The second-order valence-electron chi connectivity index (χ2n) is 5.79. The topological polar surface area (TPSA) is 77.2 Å². The van der Waals surface area contributed by atoms with Crippen molar-refractivity contribution in [2.24, 2.45) is 0 Å². The molecule has 0 atom stereocenters. The summed E-state index contributed by atoms with van der Waals surface area (Å²) >= 11 is 0. The number of nitrogens with one attached hydrogen (secondary N) is 3. The first-order valence-corrected chi connectivity index (χ1v) is 8.23. The molecule has 0 radical (unpaired) electrons. The van der Waals surface area contributed by atoms with Crippen molar-refractivity contribution >= 4 is 22.9 Å². The number of carbonyl (C=O) groups is 1. The first-order valence-electron chi connectivity index (χ1n) is 8.23. The van der Waals surface area contributed by atoms with Crippen LogP contribution >= 0.6 is 0 Å². The summed E-state index contributed by atoms with van der Waals surface area (Å²) in [4.78, 5) is 14.4. The summed E-state index contributed by atoms with van der Waals surface area (Å²) < 4.78 is 0. The Labute approximate surface area is 146 Å². The summed E-state index contributed by atoms with van der Waals surface area (Å²) in [6.07, 6.45) is 6.01. The molecule has 4 N–H and O–H groups in total. The van der Waals surface area contributed by atoms with Crippen LogP contribution in [0, 0.1) is 0 Å². The van der Waals surface area contributed by atoms with Crippen molar-refractivity contribution in [3.8, 4) is 0 Å². The molecular weight excluding hydrogens is 314 g/mol. The van der Waals surface area contributed by atoms with Gasteiger partial charge in [-0.05, 0) is 41.8 Å². The fourth-order valence-electron chi connectivity index (χ4n) is 2.85. The number of aromatic nitrogens is 1. The minimum atomic E-state index is -0.540. The first-order chi connectivity index (χ1) is 12.3. The maximum atomic E-state index is 11.1. The summed E-state index contributed by atoms with van der Waals surface area (Å²) in [6.45, 7) is 1.57. The Morgan fingerprint density at radius 3 is 2.76 bits per heavy atom. The van der Waals surface area contributed by atoms with Gasteiger partial charge in [-0.15, -0.1) is 0 Å². The average molecular weight is 335 g/mol. The van der Waals surface area contributed by atoms with Crippen LogP contribution in [0.4, 0.5) is 0 Å². The van der Waals surface area contributed by atoms with Gasteiger partial charge in [0.25, 0.3) is 5.91 Å². The number of rotatable bonds is 7. The zero-order valence-electron chi connectivity index (χ0n) is 13.8. The van der Waals surface area contributed by atoms with Gasteiger partial charge in [-0.1, -0.05) is 42.5 Å². The molecule has 0 aliphatic carbocycles. The quantitative estimate of drug-likeness (QED) is 0.232. The smallest absolute Gasteiger partial charge is 0.267 e. The van der Waals surface area contributed by atoms with Crippen LogP contribution in [0.15, 0.2) is 60.8 Å². The van der Waals surface area contributed by atoms with Crippen LogP contribution in [0.25, 0.3) is 17.0 Å². The lowest BCUT2D eigenvalue weighted by Crippen LogP contribution is -2.17.